The molecular weight excluding hydrogens is 350 g/mol. The highest BCUT2D eigenvalue weighted by Crippen LogP contribution is 2.43. The molecule has 0 radical (unpaired) electrons. The molecule has 0 N–H and O–H groups in total. The minimum absolute atomic E-state index is 0.977. The molecule has 0 bridgehead atoms. The van der Waals surface area contributed by atoms with Crippen molar-refractivity contribution in [3.05, 3.63) is 108 Å². The average Bonchev–Trinajstić information content (AvgIpc) is 2.77. The molecule has 0 aromatic heterocycles. The molecule has 0 spiro atoms. The number of nitrogens with zero attached hydrogens (tertiary/aromatic N) is 1. The van der Waals surface area contributed by atoms with Crippen molar-refractivity contribution in [2.45, 2.75) is 27.2 Å². The lowest BCUT2D eigenvalue weighted by Gasteiger charge is -2.30. The van der Waals surface area contributed by atoms with Gasteiger partial charge in [0.25, 0.3) is 0 Å². The maximum atomic E-state index is 2.41. The van der Waals surface area contributed by atoms with Crippen LogP contribution in [-0.2, 0) is 0 Å². The van der Waals surface area contributed by atoms with Gasteiger partial charge in [-0.15, -0.1) is 0 Å². The van der Waals surface area contributed by atoms with E-state index in [9.17, 15) is 0 Å². The van der Waals surface area contributed by atoms with Gasteiger partial charge in [-0.2, -0.15) is 0 Å². The van der Waals surface area contributed by atoms with Gasteiger partial charge >= 0.3 is 0 Å². The second-order valence-electron chi connectivity index (χ2n) is 7.27. The summed E-state index contributed by atoms with van der Waals surface area (Å²) >= 11 is 0. The van der Waals surface area contributed by atoms with E-state index in [0.717, 1.165) is 6.42 Å². The summed E-state index contributed by atoms with van der Waals surface area (Å²) in [7, 11) is 0. The van der Waals surface area contributed by atoms with Crippen molar-refractivity contribution in [2.24, 2.45) is 0 Å². The molecule has 144 valence electrons. The van der Waals surface area contributed by atoms with Crippen LogP contribution in [0.2, 0.25) is 0 Å². The van der Waals surface area contributed by atoms with Gasteiger partial charge in [-0.3, -0.25) is 0 Å². The predicted molar refractivity (Wildman–Crippen MR) is 128 cm³/mol. The number of allylic oxidation sites excluding steroid dienone is 3. The highest BCUT2D eigenvalue weighted by atomic mass is 15.1. The molecular formula is C28H27N. The molecule has 0 saturated heterocycles. The Morgan fingerprint density at radius 2 is 1.28 bits per heavy atom. The Balaban J connectivity index is 2.17. The Labute approximate surface area is 173 Å². The van der Waals surface area contributed by atoms with E-state index in [-0.39, 0.29) is 0 Å². The number of fused-ring (bicyclic) bond motifs is 2. The number of para-hydroxylation sites is 1. The van der Waals surface area contributed by atoms with Gasteiger partial charge in [0.05, 0.1) is 5.69 Å². The lowest BCUT2D eigenvalue weighted by Crippen LogP contribution is -2.16. The first-order valence-corrected chi connectivity index (χ1v) is 10.3. The molecule has 4 rings (SSSR count). The molecule has 4 aromatic rings. The zero-order valence-corrected chi connectivity index (χ0v) is 17.4. The molecule has 0 unspecified atom stereocenters. The Bertz CT molecular complexity index is 1140. The predicted octanol–water partition coefficient (Wildman–Crippen LogP) is 8.31. The first kappa shape index (κ1) is 19.0. The standard InChI is InChI=1S/C28H27N/c1-4-13-22(14-5-2)29(23-15-7-6-8-16-23)28-26-19-11-9-17-24(26)21(3)25-18-10-12-20-27(25)28/h4,6-20H,5H2,1-3H3/b13-4-,22-14+. The van der Waals surface area contributed by atoms with Crippen molar-refractivity contribution < 1.29 is 0 Å². The summed E-state index contributed by atoms with van der Waals surface area (Å²) in [6, 6.07) is 28.2. The van der Waals surface area contributed by atoms with E-state index >= 15 is 0 Å². The van der Waals surface area contributed by atoms with Gasteiger partial charge in [0.1, 0.15) is 0 Å². The van der Waals surface area contributed by atoms with Crippen molar-refractivity contribution in [2.75, 3.05) is 4.90 Å². The van der Waals surface area contributed by atoms with Crippen LogP contribution in [-0.4, -0.2) is 0 Å². The van der Waals surface area contributed by atoms with Crippen LogP contribution in [0.5, 0.6) is 0 Å². The van der Waals surface area contributed by atoms with E-state index in [0.29, 0.717) is 0 Å². The summed E-state index contributed by atoms with van der Waals surface area (Å²) in [5.74, 6) is 0. The maximum Gasteiger partial charge on any atom is 0.0618 e. The van der Waals surface area contributed by atoms with Crippen molar-refractivity contribution in [1.82, 2.24) is 0 Å². The molecule has 0 heterocycles. The minimum atomic E-state index is 0.977. The second kappa shape index (κ2) is 8.36. The zero-order chi connectivity index (χ0) is 20.2. The largest absolute Gasteiger partial charge is 0.310 e. The number of rotatable bonds is 5. The highest BCUT2D eigenvalue weighted by Gasteiger charge is 2.20. The van der Waals surface area contributed by atoms with Crippen LogP contribution in [0.15, 0.2) is 103 Å². The normalized spacial score (nSPS) is 12.2. The van der Waals surface area contributed by atoms with E-state index in [4.69, 9.17) is 0 Å². The number of hydrogen-bond acceptors (Lipinski definition) is 1. The van der Waals surface area contributed by atoms with Crippen LogP contribution < -0.4 is 4.90 Å². The van der Waals surface area contributed by atoms with Crippen LogP contribution in [0.3, 0.4) is 0 Å². The van der Waals surface area contributed by atoms with Crippen LogP contribution in [0.1, 0.15) is 25.8 Å². The quantitative estimate of drug-likeness (QED) is 0.250. The van der Waals surface area contributed by atoms with Gasteiger partial charge in [-0.25, -0.2) is 0 Å². The van der Waals surface area contributed by atoms with Crippen LogP contribution in [0.4, 0.5) is 11.4 Å². The van der Waals surface area contributed by atoms with Crippen molar-refractivity contribution >= 4 is 32.9 Å². The molecule has 0 fully saturated rings. The summed E-state index contributed by atoms with van der Waals surface area (Å²) in [6.45, 7) is 6.51. The van der Waals surface area contributed by atoms with Gasteiger partial charge in [0.2, 0.25) is 0 Å². The first-order chi connectivity index (χ1) is 14.3. The third-order valence-electron chi connectivity index (χ3n) is 5.42. The third-order valence-corrected chi connectivity index (χ3v) is 5.42. The summed E-state index contributed by atoms with van der Waals surface area (Å²) in [5.41, 5.74) is 4.94. The second-order valence-corrected chi connectivity index (χ2v) is 7.27. The smallest absolute Gasteiger partial charge is 0.0618 e. The van der Waals surface area contributed by atoms with Crippen molar-refractivity contribution in [3.8, 4) is 0 Å². The van der Waals surface area contributed by atoms with Gasteiger partial charge in [0, 0.05) is 22.2 Å². The molecule has 0 atom stereocenters. The molecule has 4 aromatic carbocycles. The molecule has 0 aliphatic carbocycles. The fourth-order valence-corrected chi connectivity index (χ4v) is 4.16. The number of hydrogen-bond donors (Lipinski definition) is 0. The summed E-state index contributed by atoms with van der Waals surface area (Å²) in [6.07, 6.45) is 7.61. The fraction of sp³-hybridized carbons (Fsp3) is 0.143. The molecule has 0 aliphatic rings. The summed E-state index contributed by atoms with van der Waals surface area (Å²) in [5, 5.41) is 5.16. The first-order valence-electron chi connectivity index (χ1n) is 10.3. The van der Waals surface area contributed by atoms with Crippen LogP contribution >= 0.6 is 0 Å². The van der Waals surface area contributed by atoms with Gasteiger partial charge in [-0.05, 0) is 54.8 Å². The number of anilines is 2. The monoisotopic (exact) mass is 377 g/mol. The van der Waals surface area contributed by atoms with E-state index in [1.807, 2.05) is 0 Å². The molecule has 29 heavy (non-hydrogen) atoms. The Morgan fingerprint density at radius 1 is 0.759 bits per heavy atom. The lowest BCUT2D eigenvalue weighted by atomic mass is 9.94. The van der Waals surface area contributed by atoms with Gasteiger partial charge < -0.3 is 4.90 Å². The Kier molecular flexibility index (Phi) is 5.48. The van der Waals surface area contributed by atoms with Gasteiger partial charge in [0.15, 0.2) is 0 Å². The Morgan fingerprint density at radius 3 is 1.79 bits per heavy atom. The average molecular weight is 378 g/mol. The molecule has 0 saturated carbocycles. The fourth-order valence-electron chi connectivity index (χ4n) is 4.16. The topological polar surface area (TPSA) is 3.24 Å². The molecule has 0 amide bonds. The summed E-state index contributed by atoms with van der Waals surface area (Å²) < 4.78 is 0. The number of benzene rings is 4. The molecule has 1 heteroatoms. The number of aryl methyl sites for hydroxylation is 1. The summed E-state index contributed by atoms with van der Waals surface area (Å²) in [4.78, 5) is 2.41. The van der Waals surface area contributed by atoms with Crippen LogP contribution in [0.25, 0.3) is 21.5 Å². The van der Waals surface area contributed by atoms with E-state index in [1.165, 1.54) is 44.2 Å². The van der Waals surface area contributed by atoms with E-state index < -0.39 is 0 Å². The minimum Gasteiger partial charge on any atom is -0.310 e. The van der Waals surface area contributed by atoms with E-state index in [1.54, 1.807) is 0 Å². The third kappa shape index (κ3) is 3.45. The van der Waals surface area contributed by atoms with Gasteiger partial charge in [-0.1, -0.05) is 85.8 Å². The molecule has 1 nitrogen and oxygen atoms in total. The van der Waals surface area contributed by atoms with Crippen molar-refractivity contribution in [1.29, 1.82) is 0 Å². The lowest BCUT2D eigenvalue weighted by molar-refractivity contribution is 1.14. The SMILES string of the molecule is C/C=C\C(=C/CC)N(c1ccccc1)c1c2ccccc2c(C)c2ccccc12. The zero-order valence-electron chi connectivity index (χ0n) is 17.4. The van der Waals surface area contributed by atoms with Crippen molar-refractivity contribution in [3.63, 3.8) is 0 Å². The Hall–Kier alpha value is -3.32. The maximum absolute atomic E-state index is 2.41. The molecule has 0 aliphatic heterocycles. The van der Waals surface area contributed by atoms with E-state index in [2.05, 4.69) is 123 Å². The van der Waals surface area contributed by atoms with Crippen LogP contribution in [0, 0.1) is 6.92 Å². The highest BCUT2D eigenvalue weighted by molar-refractivity contribution is 6.15.